The summed E-state index contributed by atoms with van der Waals surface area (Å²) >= 11 is 0. The number of amides is 1. The topological polar surface area (TPSA) is 38.3 Å². The highest BCUT2D eigenvalue weighted by atomic mass is 16.5. The molecular weight excluding hydrogens is 238 g/mol. The highest BCUT2D eigenvalue weighted by molar-refractivity contribution is 6.03. The number of benzene rings is 1. The van der Waals surface area contributed by atoms with E-state index in [1.165, 1.54) is 30.4 Å². The molecule has 0 bridgehead atoms. The maximum Gasteiger partial charge on any atom is 0.250 e. The molecular formula is C16H21NO2. The summed E-state index contributed by atoms with van der Waals surface area (Å²) in [5.74, 6) is 0.571. The van der Waals surface area contributed by atoms with Crippen molar-refractivity contribution < 1.29 is 9.53 Å². The molecule has 1 aliphatic carbocycles. The molecule has 1 aliphatic rings. The molecule has 0 atom stereocenters. The Balaban J connectivity index is 2.34. The maximum absolute atomic E-state index is 11.8. The van der Waals surface area contributed by atoms with E-state index in [0.717, 1.165) is 24.3 Å². The quantitative estimate of drug-likeness (QED) is 0.666. The van der Waals surface area contributed by atoms with Crippen LogP contribution in [0.5, 0.6) is 5.75 Å². The predicted molar refractivity (Wildman–Crippen MR) is 77.7 cm³/mol. The standard InChI is InChI=1S/C16H21NO2/c1-11(2)16(18)17-14-9-12-7-5-4-6-8-13(12)10-15(14)19-3/h9-10H,1,4-8H2,2-3H3,(H,17,18). The van der Waals surface area contributed by atoms with Gasteiger partial charge in [0.2, 0.25) is 0 Å². The number of carbonyl (C=O) groups is 1. The zero-order chi connectivity index (χ0) is 13.8. The SMILES string of the molecule is C=C(C)C(=O)Nc1cc2c(cc1OC)CCCCC2. The van der Waals surface area contributed by atoms with E-state index < -0.39 is 0 Å². The highest BCUT2D eigenvalue weighted by Gasteiger charge is 2.14. The third-order valence-corrected chi connectivity index (χ3v) is 3.55. The van der Waals surface area contributed by atoms with Gasteiger partial charge in [0.1, 0.15) is 5.75 Å². The van der Waals surface area contributed by atoms with Crippen molar-refractivity contribution in [3.05, 3.63) is 35.4 Å². The Bertz CT molecular complexity index is 506. The third-order valence-electron chi connectivity index (χ3n) is 3.55. The molecule has 0 saturated heterocycles. The lowest BCUT2D eigenvalue weighted by molar-refractivity contribution is -0.112. The van der Waals surface area contributed by atoms with Crippen molar-refractivity contribution in [1.82, 2.24) is 0 Å². The number of methoxy groups -OCH3 is 1. The Labute approximate surface area is 114 Å². The van der Waals surface area contributed by atoms with Gasteiger partial charge in [0.05, 0.1) is 12.8 Å². The van der Waals surface area contributed by atoms with Crippen LogP contribution in [-0.4, -0.2) is 13.0 Å². The van der Waals surface area contributed by atoms with Gasteiger partial charge in [-0.15, -0.1) is 0 Å². The van der Waals surface area contributed by atoms with Gasteiger partial charge in [-0.1, -0.05) is 13.0 Å². The zero-order valence-electron chi connectivity index (χ0n) is 11.7. The van der Waals surface area contributed by atoms with Crippen LogP contribution in [0.4, 0.5) is 5.69 Å². The second-order valence-electron chi connectivity index (χ2n) is 5.12. The zero-order valence-corrected chi connectivity index (χ0v) is 11.7. The number of anilines is 1. The van der Waals surface area contributed by atoms with Crippen molar-refractivity contribution in [2.75, 3.05) is 12.4 Å². The summed E-state index contributed by atoms with van der Waals surface area (Å²) in [5.41, 5.74) is 3.92. The molecule has 2 rings (SSSR count). The van der Waals surface area contributed by atoms with Crippen LogP contribution in [0.1, 0.15) is 37.3 Å². The van der Waals surface area contributed by atoms with Crippen LogP contribution in [0.25, 0.3) is 0 Å². The Kier molecular flexibility index (Phi) is 4.25. The van der Waals surface area contributed by atoms with E-state index in [1.807, 2.05) is 0 Å². The van der Waals surface area contributed by atoms with Gasteiger partial charge in [-0.25, -0.2) is 0 Å². The number of carbonyl (C=O) groups excluding carboxylic acids is 1. The first-order chi connectivity index (χ1) is 9.11. The van der Waals surface area contributed by atoms with E-state index in [0.29, 0.717) is 5.57 Å². The minimum atomic E-state index is -0.160. The highest BCUT2D eigenvalue weighted by Crippen LogP contribution is 2.32. The number of hydrogen-bond acceptors (Lipinski definition) is 2. The van der Waals surface area contributed by atoms with Gasteiger partial charge < -0.3 is 10.1 Å². The van der Waals surface area contributed by atoms with Gasteiger partial charge in [0.25, 0.3) is 5.91 Å². The smallest absolute Gasteiger partial charge is 0.250 e. The van der Waals surface area contributed by atoms with E-state index in [1.54, 1.807) is 14.0 Å². The van der Waals surface area contributed by atoms with Crippen LogP contribution in [-0.2, 0) is 17.6 Å². The van der Waals surface area contributed by atoms with Crippen molar-refractivity contribution >= 4 is 11.6 Å². The summed E-state index contributed by atoms with van der Waals surface area (Å²) in [6.07, 6.45) is 5.89. The monoisotopic (exact) mass is 259 g/mol. The van der Waals surface area contributed by atoms with Crippen LogP contribution in [0.15, 0.2) is 24.3 Å². The molecule has 0 radical (unpaired) electrons. The molecule has 1 N–H and O–H groups in total. The molecule has 3 nitrogen and oxygen atoms in total. The second-order valence-corrected chi connectivity index (χ2v) is 5.12. The number of ether oxygens (including phenoxy) is 1. The lowest BCUT2D eigenvalue weighted by atomic mass is 10.0. The van der Waals surface area contributed by atoms with Crippen LogP contribution >= 0.6 is 0 Å². The van der Waals surface area contributed by atoms with Gasteiger partial charge >= 0.3 is 0 Å². The first kappa shape index (κ1) is 13.7. The summed E-state index contributed by atoms with van der Waals surface area (Å²) in [6, 6.07) is 4.12. The molecule has 1 aromatic carbocycles. The molecule has 1 amide bonds. The summed E-state index contributed by atoms with van der Waals surface area (Å²) < 4.78 is 5.39. The van der Waals surface area contributed by atoms with Crippen LogP contribution in [0.3, 0.4) is 0 Å². The van der Waals surface area contributed by atoms with Crippen molar-refractivity contribution in [2.45, 2.75) is 39.0 Å². The molecule has 0 aliphatic heterocycles. The number of aryl methyl sites for hydroxylation is 2. The molecule has 0 fully saturated rings. The van der Waals surface area contributed by atoms with E-state index in [2.05, 4.69) is 24.0 Å². The molecule has 0 spiro atoms. The maximum atomic E-state index is 11.8. The molecule has 0 saturated carbocycles. The number of fused-ring (bicyclic) bond motifs is 1. The van der Waals surface area contributed by atoms with Crippen molar-refractivity contribution in [2.24, 2.45) is 0 Å². The van der Waals surface area contributed by atoms with Gasteiger partial charge in [0.15, 0.2) is 0 Å². The first-order valence-electron chi connectivity index (χ1n) is 6.78. The second kappa shape index (κ2) is 5.91. The van der Waals surface area contributed by atoms with Gasteiger partial charge in [0, 0.05) is 5.57 Å². The lowest BCUT2D eigenvalue weighted by Gasteiger charge is -2.15. The average Bonchev–Trinajstić information content (AvgIpc) is 2.62. The molecule has 102 valence electrons. The molecule has 0 aromatic heterocycles. The predicted octanol–water partition coefficient (Wildman–Crippen LogP) is 3.48. The van der Waals surface area contributed by atoms with Crippen LogP contribution in [0.2, 0.25) is 0 Å². The van der Waals surface area contributed by atoms with Gasteiger partial charge in [-0.2, -0.15) is 0 Å². The van der Waals surface area contributed by atoms with E-state index >= 15 is 0 Å². The van der Waals surface area contributed by atoms with E-state index in [-0.39, 0.29) is 5.91 Å². The minimum Gasteiger partial charge on any atom is -0.495 e. The molecule has 3 heteroatoms. The average molecular weight is 259 g/mol. The minimum absolute atomic E-state index is 0.160. The van der Waals surface area contributed by atoms with Crippen molar-refractivity contribution in [1.29, 1.82) is 0 Å². The van der Waals surface area contributed by atoms with Crippen LogP contribution in [0, 0.1) is 0 Å². The van der Waals surface area contributed by atoms with Crippen molar-refractivity contribution in [3.8, 4) is 5.75 Å². The summed E-state index contributed by atoms with van der Waals surface area (Å²) in [7, 11) is 1.63. The fourth-order valence-electron chi connectivity index (χ4n) is 2.44. The molecule has 0 unspecified atom stereocenters. The van der Waals surface area contributed by atoms with Crippen LogP contribution < -0.4 is 10.1 Å². The third kappa shape index (κ3) is 3.16. The number of nitrogens with one attached hydrogen (secondary N) is 1. The number of hydrogen-bond donors (Lipinski definition) is 1. The summed E-state index contributed by atoms with van der Waals surface area (Å²) in [4.78, 5) is 11.8. The Morgan fingerprint density at radius 1 is 1.21 bits per heavy atom. The fourth-order valence-corrected chi connectivity index (χ4v) is 2.44. The summed E-state index contributed by atoms with van der Waals surface area (Å²) in [5, 5.41) is 2.87. The normalized spacial score (nSPS) is 14.2. The van der Waals surface area contributed by atoms with E-state index in [9.17, 15) is 4.79 Å². The molecule has 0 heterocycles. The van der Waals surface area contributed by atoms with Gasteiger partial charge in [-0.3, -0.25) is 4.79 Å². The Hall–Kier alpha value is -1.77. The van der Waals surface area contributed by atoms with E-state index in [4.69, 9.17) is 4.74 Å². The number of rotatable bonds is 3. The lowest BCUT2D eigenvalue weighted by Crippen LogP contribution is -2.13. The molecule has 1 aromatic rings. The van der Waals surface area contributed by atoms with Crippen molar-refractivity contribution in [3.63, 3.8) is 0 Å². The summed E-state index contributed by atoms with van der Waals surface area (Å²) in [6.45, 7) is 5.36. The Morgan fingerprint density at radius 2 is 1.84 bits per heavy atom. The largest absolute Gasteiger partial charge is 0.495 e. The first-order valence-corrected chi connectivity index (χ1v) is 6.78. The fraction of sp³-hybridized carbons (Fsp3) is 0.438. The van der Waals surface area contributed by atoms with Gasteiger partial charge in [-0.05, 0) is 55.9 Å². The Morgan fingerprint density at radius 3 is 2.42 bits per heavy atom. The molecule has 19 heavy (non-hydrogen) atoms.